The lowest BCUT2D eigenvalue weighted by atomic mass is 10.1. The summed E-state index contributed by atoms with van der Waals surface area (Å²) >= 11 is 7.27. The van der Waals surface area contributed by atoms with Gasteiger partial charge in [-0.1, -0.05) is 11.6 Å². The van der Waals surface area contributed by atoms with Crippen LogP contribution in [-0.2, 0) is 0 Å². The van der Waals surface area contributed by atoms with Crippen LogP contribution in [0.5, 0.6) is 0 Å². The number of anilines is 2. The molecule has 1 aromatic carbocycles. The molecule has 0 atom stereocenters. The standard InChI is InChI=1S/C19H16ClFN4O2S/c1-22-17(26)13-9-23-6-5-15(13)24-16-8-12(18(27)25-19(16)28-2)11-7-10(20)3-4-14(11)21/h3-9H,1-2H3,(H,22,26)(H,23,24)(H,25,27). The zero-order valence-electron chi connectivity index (χ0n) is 15.0. The van der Waals surface area contributed by atoms with Gasteiger partial charge in [-0.25, -0.2) is 4.39 Å². The first kappa shape index (κ1) is 19.9. The van der Waals surface area contributed by atoms with Gasteiger partial charge < -0.3 is 15.6 Å². The largest absolute Gasteiger partial charge is 0.355 e. The van der Waals surface area contributed by atoms with Crippen molar-refractivity contribution in [1.29, 1.82) is 0 Å². The fourth-order valence-electron chi connectivity index (χ4n) is 2.64. The molecular weight excluding hydrogens is 403 g/mol. The SMILES string of the molecule is CNC(=O)c1cnccc1Nc1cc(-c2cc(Cl)ccc2F)c(=O)[nH]c1SC. The minimum atomic E-state index is -0.562. The molecule has 3 N–H and O–H groups in total. The summed E-state index contributed by atoms with van der Waals surface area (Å²) in [6, 6.07) is 7.19. The first-order valence-corrected chi connectivity index (χ1v) is 9.74. The van der Waals surface area contributed by atoms with Crippen LogP contribution in [0.15, 0.2) is 52.5 Å². The maximum Gasteiger partial charge on any atom is 0.256 e. The van der Waals surface area contributed by atoms with E-state index in [9.17, 15) is 14.0 Å². The van der Waals surface area contributed by atoms with Crippen LogP contribution < -0.4 is 16.2 Å². The van der Waals surface area contributed by atoms with Crippen LogP contribution in [0.3, 0.4) is 0 Å². The number of rotatable bonds is 5. The number of benzene rings is 1. The number of amides is 1. The summed E-state index contributed by atoms with van der Waals surface area (Å²) in [7, 11) is 1.52. The van der Waals surface area contributed by atoms with E-state index in [2.05, 4.69) is 20.6 Å². The van der Waals surface area contributed by atoms with Crippen LogP contribution in [0, 0.1) is 5.82 Å². The third-order valence-electron chi connectivity index (χ3n) is 3.99. The van der Waals surface area contributed by atoms with E-state index in [0.717, 1.165) is 0 Å². The predicted octanol–water partition coefficient (Wildman–Crippen LogP) is 4.05. The molecule has 0 bridgehead atoms. The van der Waals surface area contributed by atoms with Crippen molar-refractivity contribution in [3.63, 3.8) is 0 Å². The Hall–Kier alpha value is -2.84. The Morgan fingerprint density at radius 1 is 1.21 bits per heavy atom. The molecule has 144 valence electrons. The van der Waals surface area contributed by atoms with Gasteiger partial charge in [0.25, 0.3) is 11.5 Å². The van der Waals surface area contributed by atoms with Crippen molar-refractivity contribution in [2.75, 3.05) is 18.6 Å². The van der Waals surface area contributed by atoms with Gasteiger partial charge in [0.2, 0.25) is 0 Å². The van der Waals surface area contributed by atoms with Gasteiger partial charge in [0.15, 0.2) is 0 Å². The third-order valence-corrected chi connectivity index (χ3v) is 4.96. The lowest BCUT2D eigenvalue weighted by Crippen LogP contribution is -2.19. The number of aromatic amines is 1. The molecule has 2 aromatic heterocycles. The molecule has 28 heavy (non-hydrogen) atoms. The number of pyridine rings is 2. The number of hydrogen-bond acceptors (Lipinski definition) is 5. The summed E-state index contributed by atoms with van der Waals surface area (Å²) in [5, 5.41) is 6.53. The maximum absolute atomic E-state index is 14.3. The van der Waals surface area contributed by atoms with Crippen molar-refractivity contribution in [2.45, 2.75) is 5.03 Å². The lowest BCUT2D eigenvalue weighted by Gasteiger charge is -2.15. The number of nitrogens with one attached hydrogen (secondary N) is 3. The number of hydrogen-bond donors (Lipinski definition) is 3. The van der Waals surface area contributed by atoms with Crippen LogP contribution in [0.25, 0.3) is 11.1 Å². The van der Waals surface area contributed by atoms with Gasteiger partial charge in [-0.3, -0.25) is 14.6 Å². The van der Waals surface area contributed by atoms with Gasteiger partial charge in [-0.15, -0.1) is 11.8 Å². The molecule has 3 rings (SSSR count). The fraction of sp³-hybridized carbons (Fsp3) is 0.105. The summed E-state index contributed by atoms with van der Waals surface area (Å²) in [4.78, 5) is 31.3. The third kappa shape index (κ3) is 4.02. The number of H-pyrrole nitrogens is 1. The van der Waals surface area contributed by atoms with E-state index in [1.54, 1.807) is 12.3 Å². The zero-order chi connectivity index (χ0) is 20.3. The molecule has 0 spiro atoms. The Balaban J connectivity index is 2.13. The van der Waals surface area contributed by atoms with Crippen LogP contribution in [0.2, 0.25) is 5.02 Å². The molecule has 9 heteroatoms. The number of aromatic nitrogens is 2. The molecule has 0 unspecified atom stereocenters. The fourth-order valence-corrected chi connectivity index (χ4v) is 3.33. The summed E-state index contributed by atoms with van der Waals surface area (Å²) < 4.78 is 14.3. The van der Waals surface area contributed by atoms with E-state index in [4.69, 9.17) is 11.6 Å². The van der Waals surface area contributed by atoms with E-state index < -0.39 is 11.4 Å². The Kier molecular flexibility index (Phi) is 6.01. The van der Waals surface area contributed by atoms with Gasteiger partial charge in [0, 0.05) is 30.0 Å². The molecular formula is C19H16ClFN4O2S. The number of carbonyl (C=O) groups is 1. The van der Waals surface area contributed by atoms with E-state index >= 15 is 0 Å². The minimum absolute atomic E-state index is 0.0886. The van der Waals surface area contributed by atoms with Crippen molar-refractivity contribution in [1.82, 2.24) is 15.3 Å². The van der Waals surface area contributed by atoms with E-state index in [1.807, 2.05) is 0 Å². The predicted molar refractivity (Wildman–Crippen MR) is 110 cm³/mol. The Labute approximate surface area is 169 Å². The molecule has 0 radical (unpaired) electrons. The zero-order valence-corrected chi connectivity index (χ0v) is 16.5. The minimum Gasteiger partial charge on any atom is -0.355 e. The smallest absolute Gasteiger partial charge is 0.256 e. The van der Waals surface area contributed by atoms with Crippen LogP contribution >= 0.6 is 23.4 Å². The summed E-state index contributed by atoms with van der Waals surface area (Å²) in [6.07, 6.45) is 4.77. The van der Waals surface area contributed by atoms with Crippen molar-refractivity contribution in [3.8, 4) is 11.1 Å². The van der Waals surface area contributed by atoms with Crippen molar-refractivity contribution >= 4 is 40.6 Å². The van der Waals surface area contributed by atoms with Gasteiger partial charge >= 0.3 is 0 Å². The molecule has 0 saturated carbocycles. The second-order valence-electron chi connectivity index (χ2n) is 5.71. The highest BCUT2D eigenvalue weighted by atomic mass is 35.5. The average molecular weight is 419 g/mol. The van der Waals surface area contributed by atoms with Gasteiger partial charge in [0.05, 0.1) is 27.5 Å². The molecule has 0 aliphatic carbocycles. The number of thioether (sulfide) groups is 1. The van der Waals surface area contributed by atoms with E-state index in [0.29, 0.717) is 27.0 Å². The number of halogens is 2. The van der Waals surface area contributed by atoms with Gasteiger partial charge in [0.1, 0.15) is 5.82 Å². The lowest BCUT2D eigenvalue weighted by molar-refractivity contribution is 0.0963. The van der Waals surface area contributed by atoms with E-state index in [-0.39, 0.29) is 17.0 Å². The molecule has 0 aliphatic heterocycles. The van der Waals surface area contributed by atoms with Crippen LogP contribution in [0.1, 0.15) is 10.4 Å². The Bertz CT molecular complexity index is 1100. The summed E-state index contributed by atoms with van der Waals surface area (Å²) in [5.74, 6) is -0.875. The second-order valence-corrected chi connectivity index (χ2v) is 6.96. The number of nitrogens with zero attached hydrogens (tertiary/aromatic N) is 1. The molecule has 6 nitrogen and oxygen atoms in total. The first-order chi connectivity index (χ1) is 13.4. The highest BCUT2D eigenvalue weighted by Crippen LogP contribution is 2.31. The number of carbonyl (C=O) groups excluding carboxylic acids is 1. The average Bonchev–Trinajstić information content (AvgIpc) is 2.70. The topological polar surface area (TPSA) is 86.9 Å². The van der Waals surface area contributed by atoms with E-state index in [1.165, 1.54) is 55.5 Å². The van der Waals surface area contributed by atoms with Crippen molar-refractivity contribution < 1.29 is 9.18 Å². The monoisotopic (exact) mass is 418 g/mol. The highest BCUT2D eigenvalue weighted by molar-refractivity contribution is 7.98. The molecule has 0 saturated heterocycles. The molecule has 0 aliphatic rings. The van der Waals surface area contributed by atoms with Gasteiger partial charge in [-0.2, -0.15) is 0 Å². The molecule has 3 aromatic rings. The molecule has 1 amide bonds. The highest BCUT2D eigenvalue weighted by Gasteiger charge is 2.16. The normalized spacial score (nSPS) is 10.6. The van der Waals surface area contributed by atoms with Crippen molar-refractivity contribution in [3.05, 3.63) is 69.5 Å². The maximum atomic E-state index is 14.3. The van der Waals surface area contributed by atoms with Gasteiger partial charge in [-0.05, 0) is 36.6 Å². The van der Waals surface area contributed by atoms with Crippen LogP contribution in [0.4, 0.5) is 15.8 Å². The first-order valence-electron chi connectivity index (χ1n) is 8.14. The molecule has 0 fully saturated rings. The Morgan fingerprint density at radius 2 is 2.00 bits per heavy atom. The quantitative estimate of drug-likeness (QED) is 0.544. The Morgan fingerprint density at radius 3 is 2.71 bits per heavy atom. The second kappa shape index (κ2) is 8.45. The summed E-state index contributed by atoms with van der Waals surface area (Å²) in [6.45, 7) is 0. The molecule has 2 heterocycles. The summed E-state index contributed by atoms with van der Waals surface area (Å²) in [5.41, 5.74) is 1.10. The van der Waals surface area contributed by atoms with Crippen molar-refractivity contribution in [2.24, 2.45) is 0 Å². The van der Waals surface area contributed by atoms with Crippen LogP contribution in [-0.4, -0.2) is 29.2 Å².